The van der Waals surface area contributed by atoms with Crippen molar-refractivity contribution in [1.82, 2.24) is 9.97 Å². The summed E-state index contributed by atoms with van der Waals surface area (Å²) in [6, 6.07) is 15.3. The summed E-state index contributed by atoms with van der Waals surface area (Å²) in [5.41, 5.74) is 6.85. The minimum atomic E-state index is -0.402. The van der Waals surface area contributed by atoms with E-state index < -0.39 is 5.82 Å². The van der Waals surface area contributed by atoms with Gasteiger partial charge in [0.05, 0.1) is 18.4 Å². The largest absolute Gasteiger partial charge is 0.495 e. The van der Waals surface area contributed by atoms with Crippen LogP contribution in [0.15, 0.2) is 54.6 Å². The van der Waals surface area contributed by atoms with Gasteiger partial charge in [0, 0.05) is 6.07 Å². The van der Waals surface area contributed by atoms with E-state index in [2.05, 4.69) is 15.3 Å². The fourth-order valence-electron chi connectivity index (χ4n) is 2.18. The number of nitrogens with two attached hydrogens (primary N) is 1. The predicted octanol–water partition coefficient (Wildman–Crippen LogP) is 3.62. The van der Waals surface area contributed by atoms with Crippen LogP contribution in [0.4, 0.5) is 21.7 Å². The average Bonchev–Trinajstić information content (AvgIpc) is 2.55. The summed E-state index contributed by atoms with van der Waals surface area (Å²) >= 11 is 0. The second-order valence-electron chi connectivity index (χ2n) is 4.81. The number of halogens is 1. The Morgan fingerprint density at radius 1 is 1.04 bits per heavy atom. The van der Waals surface area contributed by atoms with Gasteiger partial charge < -0.3 is 15.8 Å². The van der Waals surface area contributed by atoms with Crippen LogP contribution in [0.5, 0.6) is 5.75 Å². The number of methoxy groups -OCH3 is 1. The molecule has 0 saturated heterocycles. The van der Waals surface area contributed by atoms with E-state index in [1.807, 2.05) is 24.3 Å². The number of hydrogen-bond acceptors (Lipinski definition) is 5. The van der Waals surface area contributed by atoms with Crippen molar-refractivity contribution in [2.75, 3.05) is 18.2 Å². The standard InChI is InChI=1S/C17H15FN4O/c1-23-14-9-5-4-8-13(14)20-16-10-15(19)21-17(22-16)11-6-2-3-7-12(11)18/h2-10H,1H3,(H3,19,20,21,22). The van der Waals surface area contributed by atoms with Crippen molar-refractivity contribution < 1.29 is 9.13 Å². The highest BCUT2D eigenvalue weighted by Crippen LogP contribution is 2.28. The van der Waals surface area contributed by atoms with E-state index in [1.54, 1.807) is 31.4 Å². The molecule has 3 rings (SSSR count). The molecule has 116 valence electrons. The second-order valence-corrected chi connectivity index (χ2v) is 4.81. The van der Waals surface area contributed by atoms with E-state index in [1.165, 1.54) is 6.07 Å². The number of para-hydroxylation sites is 2. The van der Waals surface area contributed by atoms with Gasteiger partial charge in [-0.2, -0.15) is 0 Å². The zero-order chi connectivity index (χ0) is 16.2. The summed E-state index contributed by atoms with van der Waals surface area (Å²) in [6.07, 6.45) is 0. The minimum absolute atomic E-state index is 0.223. The number of benzene rings is 2. The molecule has 0 radical (unpaired) electrons. The molecule has 0 aliphatic rings. The first-order valence-electron chi connectivity index (χ1n) is 6.97. The van der Waals surface area contributed by atoms with Gasteiger partial charge in [-0.1, -0.05) is 24.3 Å². The van der Waals surface area contributed by atoms with Crippen LogP contribution < -0.4 is 15.8 Å². The van der Waals surface area contributed by atoms with Gasteiger partial charge in [-0.3, -0.25) is 0 Å². The fourth-order valence-corrected chi connectivity index (χ4v) is 2.18. The number of nitrogen functional groups attached to an aromatic ring is 1. The van der Waals surface area contributed by atoms with Crippen LogP contribution in [-0.2, 0) is 0 Å². The Bertz CT molecular complexity index is 838. The Morgan fingerprint density at radius 3 is 2.57 bits per heavy atom. The van der Waals surface area contributed by atoms with Crippen molar-refractivity contribution in [3.8, 4) is 17.1 Å². The molecule has 0 unspecified atom stereocenters. The van der Waals surface area contributed by atoms with Crippen molar-refractivity contribution >= 4 is 17.3 Å². The topological polar surface area (TPSA) is 73.1 Å². The van der Waals surface area contributed by atoms with Gasteiger partial charge in [-0.05, 0) is 24.3 Å². The number of nitrogens with zero attached hydrogens (tertiary/aromatic N) is 2. The quantitative estimate of drug-likeness (QED) is 0.770. The maximum Gasteiger partial charge on any atom is 0.166 e. The summed E-state index contributed by atoms with van der Waals surface area (Å²) in [5, 5.41) is 3.12. The van der Waals surface area contributed by atoms with Crippen molar-refractivity contribution in [3.05, 3.63) is 60.4 Å². The maximum atomic E-state index is 13.9. The van der Waals surface area contributed by atoms with E-state index in [9.17, 15) is 4.39 Å². The molecule has 0 aliphatic heterocycles. The second kappa shape index (κ2) is 6.31. The number of ether oxygens (including phenoxy) is 1. The first-order valence-corrected chi connectivity index (χ1v) is 6.97. The summed E-state index contributed by atoms with van der Waals surface area (Å²) in [7, 11) is 1.58. The Kier molecular flexibility index (Phi) is 4.05. The van der Waals surface area contributed by atoms with Crippen LogP contribution in [-0.4, -0.2) is 17.1 Å². The molecule has 0 spiro atoms. The van der Waals surface area contributed by atoms with Gasteiger partial charge in [0.15, 0.2) is 5.82 Å². The lowest BCUT2D eigenvalue weighted by atomic mass is 10.2. The third-order valence-electron chi connectivity index (χ3n) is 3.23. The molecule has 23 heavy (non-hydrogen) atoms. The highest BCUT2D eigenvalue weighted by Gasteiger charge is 2.11. The van der Waals surface area contributed by atoms with Crippen molar-refractivity contribution in [2.45, 2.75) is 0 Å². The van der Waals surface area contributed by atoms with Crippen molar-refractivity contribution in [2.24, 2.45) is 0 Å². The molecule has 5 nitrogen and oxygen atoms in total. The zero-order valence-electron chi connectivity index (χ0n) is 12.5. The van der Waals surface area contributed by atoms with E-state index in [-0.39, 0.29) is 11.6 Å². The Labute approximate surface area is 133 Å². The molecule has 3 N–H and O–H groups in total. The van der Waals surface area contributed by atoms with Crippen molar-refractivity contribution in [3.63, 3.8) is 0 Å². The monoisotopic (exact) mass is 310 g/mol. The normalized spacial score (nSPS) is 10.3. The number of anilines is 3. The third kappa shape index (κ3) is 3.21. The highest BCUT2D eigenvalue weighted by molar-refractivity contribution is 5.68. The lowest BCUT2D eigenvalue weighted by Gasteiger charge is -2.11. The molecule has 0 fully saturated rings. The Morgan fingerprint density at radius 2 is 1.78 bits per heavy atom. The molecular weight excluding hydrogens is 295 g/mol. The molecule has 1 aromatic heterocycles. The molecule has 2 aromatic carbocycles. The van der Waals surface area contributed by atoms with Crippen molar-refractivity contribution in [1.29, 1.82) is 0 Å². The van der Waals surface area contributed by atoms with Gasteiger partial charge in [-0.25, -0.2) is 14.4 Å². The smallest absolute Gasteiger partial charge is 0.166 e. The van der Waals surface area contributed by atoms with Crippen LogP contribution in [0, 0.1) is 5.82 Å². The third-order valence-corrected chi connectivity index (χ3v) is 3.23. The SMILES string of the molecule is COc1ccccc1Nc1cc(N)nc(-c2ccccc2F)n1. The van der Waals surface area contributed by atoms with Gasteiger partial charge in [0.2, 0.25) is 0 Å². The summed E-state index contributed by atoms with van der Waals surface area (Å²) in [5.74, 6) is 1.19. The summed E-state index contributed by atoms with van der Waals surface area (Å²) in [6.45, 7) is 0. The number of hydrogen-bond donors (Lipinski definition) is 2. The molecule has 0 saturated carbocycles. The van der Waals surface area contributed by atoms with Gasteiger partial charge in [0.25, 0.3) is 0 Å². The number of aromatic nitrogens is 2. The lowest BCUT2D eigenvalue weighted by Crippen LogP contribution is -2.02. The highest BCUT2D eigenvalue weighted by atomic mass is 19.1. The van der Waals surface area contributed by atoms with Crippen LogP contribution in [0.25, 0.3) is 11.4 Å². The van der Waals surface area contributed by atoms with E-state index in [0.717, 1.165) is 5.69 Å². The van der Waals surface area contributed by atoms with E-state index in [4.69, 9.17) is 10.5 Å². The first-order chi connectivity index (χ1) is 11.2. The van der Waals surface area contributed by atoms with E-state index >= 15 is 0 Å². The summed E-state index contributed by atoms with van der Waals surface area (Å²) in [4.78, 5) is 8.44. The fraction of sp³-hybridized carbons (Fsp3) is 0.0588. The lowest BCUT2D eigenvalue weighted by molar-refractivity contribution is 0.417. The van der Waals surface area contributed by atoms with Gasteiger partial charge >= 0.3 is 0 Å². The van der Waals surface area contributed by atoms with Crippen LogP contribution in [0.2, 0.25) is 0 Å². The molecule has 6 heteroatoms. The average molecular weight is 310 g/mol. The van der Waals surface area contributed by atoms with Gasteiger partial charge in [-0.15, -0.1) is 0 Å². The summed E-state index contributed by atoms with van der Waals surface area (Å²) < 4.78 is 19.2. The molecule has 1 heterocycles. The Hall–Kier alpha value is -3.15. The number of rotatable bonds is 4. The maximum absolute atomic E-state index is 13.9. The zero-order valence-corrected chi connectivity index (χ0v) is 12.5. The van der Waals surface area contributed by atoms with E-state index in [0.29, 0.717) is 17.1 Å². The minimum Gasteiger partial charge on any atom is -0.495 e. The molecule has 0 bridgehead atoms. The predicted molar refractivity (Wildman–Crippen MR) is 88.1 cm³/mol. The van der Waals surface area contributed by atoms with Crippen LogP contribution in [0.1, 0.15) is 0 Å². The molecule has 0 atom stereocenters. The van der Waals surface area contributed by atoms with Gasteiger partial charge in [0.1, 0.15) is 23.2 Å². The Balaban J connectivity index is 2.00. The molecular formula is C17H15FN4O. The van der Waals surface area contributed by atoms with Crippen LogP contribution >= 0.6 is 0 Å². The molecule has 3 aromatic rings. The first kappa shape index (κ1) is 14.8. The van der Waals surface area contributed by atoms with Crippen LogP contribution in [0.3, 0.4) is 0 Å². The molecule has 0 amide bonds. The molecule has 0 aliphatic carbocycles. The number of nitrogens with one attached hydrogen (secondary N) is 1.